The van der Waals surface area contributed by atoms with Gasteiger partial charge < -0.3 is 9.47 Å². The molecule has 25 heavy (non-hydrogen) atoms. The summed E-state index contributed by atoms with van der Waals surface area (Å²) in [6.45, 7) is 5.45. The quantitative estimate of drug-likeness (QED) is 0.606. The number of methoxy groups -OCH3 is 1. The number of nitrogens with zero attached hydrogens (tertiary/aromatic N) is 3. The van der Waals surface area contributed by atoms with Gasteiger partial charge in [0.25, 0.3) is 0 Å². The average Bonchev–Trinajstić information content (AvgIpc) is 3.07. The van der Waals surface area contributed by atoms with E-state index in [2.05, 4.69) is 10.1 Å². The summed E-state index contributed by atoms with van der Waals surface area (Å²) in [4.78, 5) is 16.1. The van der Waals surface area contributed by atoms with Gasteiger partial charge in [-0.15, -0.1) is 0 Å². The van der Waals surface area contributed by atoms with E-state index in [1.54, 1.807) is 30.3 Å². The Morgan fingerprint density at radius 3 is 2.52 bits per heavy atom. The molecule has 0 saturated carbocycles. The number of aliphatic imine (C=N–C) groups is 1. The highest BCUT2D eigenvalue weighted by Crippen LogP contribution is 2.14. The zero-order valence-electron chi connectivity index (χ0n) is 15.2. The van der Waals surface area contributed by atoms with Gasteiger partial charge in [0.05, 0.1) is 7.11 Å². The molecule has 0 saturated heterocycles. The van der Waals surface area contributed by atoms with Crippen LogP contribution in [-0.2, 0) is 11.2 Å². The van der Waals surface area contributed by atoms with E-state index in [0.717, 1.165) is 18.6 Å². The molecule has 2 aromatic rings. The third kappa shape index (κ3) is 6.41. The van der Waals surface area contributed by atoms with E-state index in [1.807, 2.05) is 45.0 Å². The lowest BCUT2D eigenvalue weighted by atomic mass is 10.1. The maximum absolute atomic E-state index is 12.0. The summed E-state index contributed by atoms with van der Waals surface area (Å²) in [7, 11) is 1.65. The lowest BCUT2D eigenvalue weighted by Gasteiger charge is -2.17. The van der Waals surface area contributed by atoms with E-state index < -0.39 is 11.7 Å². The molecular formula is C19H25N3O3. The van der Waals surface area contributed by atoms with Crippen LogP contribution in [0.4, 0.5) is 4.79 Å². The van der Waals surface area contributed by atoms with Gasteiger partial charge in [-0.2, -0.15) is 10.1 Å². The summed E-state index contributed by atoms with van der Waals surface area (Å²) in [5.41, 5.74) is 0.636. The summed E-state index contributed by atoms with van der Waals surface area (Å²) >= 11 is 0. The summed E-state index contributed by atoms with van der Waals surface area (Å²) in [6, 6.07) is 9.76. The van der Waals surface area contributed by atoms with Gasteiger partial charge in [-0.1, -0.05) is 12.1 Å². The van der Waals surface area contributed by atoms with Crippen molar-refractivity contribution < 1.29 is 14.3 Å². The Bertz CT molecular complexity index is 699. The van der Waals surface area contributed by atoms with Crippen LogP contribution in [0.25, 0.3) is 0 Å². The van der Waals surface area contributed by atoms with E-state index in [0.29, 0.717) is 12.3 Å². The molecule has 1 heterocycles. The second-order valence-electron chi connectivity index (χ2n) is 6.66. The fourth-order valence-electron chi connectivity index (χ4n) is 2.28. The maximum Gasteiger partial charge on any atom is 0.435 e. The molecule has 0 aliphatic heterocycles. The Kier molecular flexibility index (Phi) is 6.33. The first-order chi connectivity index (χ1) is 11.9. The molecule has 2 rings (SSSR count). The number of benzene rings is 1. The first-order valence-corrected chi connectivity index (χ1v) is 8.31. The molecule has 6 nitrogen and oxygen atoms in total. The largest absolute Gasteiger partial charge is 0.497 e. The predicted molar refractivity (Wildman–Crippen MR) is 97.2 cm³/mol. The SMILES string of the molecule is COc1ccc(CCCC(=NC(=O)OC(C)(C)C)n2cccn2)cc1. The Labute approximate surface area is 148 Å². The topological polar surface area (TPSA) is 65.7 Å². The highest BCUT2D eigenvalue weighted by atomic mass is 16.6. The molecule has 0 N–H and O–H groups in total. The normalized spacial score (nSPS) is 12.1. The van der Waals surface area contributed by atoms with Crippen LogP contribution in [0.1, 0.15) is 39.2 Å². The van der Waals surface area contributed by atoms with Gasteiger partial charge in [0.2, 0.25) is 0 Å². The Balaban J connectivity index is 2.00. The molecule has 0 atom stereocenters. The summed E-state index contributed by atoms with van der Waals surface area (Å²) in [5, 5.41) is 4.18. The lowest BCUT2D eigenvalue weighted by molar-refractivity contribution is 0.0603. The number of carbonyl (C=O) groups excluding carboxylic acids is 1. The number of aromatic nitrogens is 2. The van der Waals surface area contributed by atoms with Crippen molar-refractivity contribution in [1.29, 1.82) is 0 Å². The van der Waals surface area contributed by atoms with Gasteiger partial charge in [-0.25, -0.2) is 9.48 Å². The van der Waals surface area contributed by atoms with Crippen molar-refractivity contribution in [2.75, 3.05) is 7.11 Å². The minimum atomic E-state index is -0.595. The third-order valence-electron chi connectivity index (χ3n) is 3.41. The lowest BCUT2D eigenvalue weighted by Crippen LogP contribution is -2.24. The number of ether oxygens (including phenoxy) is 2. The second kappa shape index (κ2) is 8.46. The minimum Gasteiger partial charge on any atom is -0.497 e. The molecule has 0 aliphatic carbocycles. The van der Waals surface area contributed by atoms with E-state index in [9.17, 15) is 4.79 Å². The Morgan fingerprint density at radius 1 is 1.24 bits per heavy atom. The fraction of sp³-hybridized carbons (Fsp3) is 0.421. The molecule has 1 aromatic heterocycles. The van der Waals surface area contributed by atoms with E-state index in [-0.39, 0.29) is 0 Å². The van der Waals surface area contributed by atoms with E-state index in [1.165, 1.54) is 5.56 Å². The number of aryl methyl sites for hydroxylation is 1. The maximum atomic E-state index is 12.0. The van der Waals surface area contributed by atoms with Crippen LogP contribution >= 0.6 is 0 Å². The zero-order chi connectivity index (χ0) is 18.3. The van der Waals surface area contributed by atoms with Gasteiger partial charge in [0.1, 0.15) is 17.2 Å². The van der Waals surface area contributed by atoms with Gasteiger partial charge in [0, 0.05) is 18.8 Å². The van der Waals surface area contributed by atoms with Gasteiger partial charge in [-0.3, -0.25) is 0 Å². The molecule has 0 radical (unpaired) electrons. The van der Waals surface area contributed by atoms with Gasteiger partial charge >= 0.3 is 6.09 Å². The molecule has 6 heteroatoms. The third-order valence-corrected chi connectivity index (χ3v) is 3.41. The van der Waals surface area contributed by atoms with Crippen LogP contribution in [0.2, 0.25) is 0 Å². The first-order valence-electron chi connectivity index (χ1n) is 8.31. The Morgan fingerprint density at radius 2 is 1.96 bits per heavy atom. The molecule has 0 aliphatic rings. The number of hydrogen-bond acceptors (Lipinski definition) is 4. The van der Waals surface area contributed by atoms with E-state index in [4.69, 9.17) is 9.47 Å². The average molecular weight is 343 g/mol. The standard InChI is InChI=1S/C19H25N3O3/c1-19(2,3)25-18(23)21-17(22-14-6-13-20-22)8-5-7-15-9-11-16(24-4)12-10-15/h6,9-14H,5,7-8H2,1-4H3. The number of hydrogen-bond donors (Lipinski definition) is 0. The molecule has 0 fully saturated rings. The van der Waals surface area contributed by atoms with Crippen molar-refractivity contribution in [1.82, 2.24) is 9.78 Å². The monoisotopic (exact) mass is 343 g/mol. The highest BCUT2D eigenvalue weighted by molar-refractivity contribution is 5.92. The van der Waals surface area contributed by atoms with Crippen molar-refractivity contribution in [2.24, 2.45) is 4.99 Å². The van der Waals surface area contributed by atoms with Crippen LogP contribution in [0.15, 0.2) is 47.7 Å². The Hall–Kier alpha value is -2.63. The van der Waals surface area contributed by atoms with Crippen LogP contribution in [0.5, 0.6) is 5.75 Å². The summed E-state index contributed by atoms with van der Waals surface area (Å²) in [6.07, 6.45) is 5.17. The van der Waals surface area contributed by atoms with Crippen LogP contribution in [0.3, 0.4) is 0 Å². The van der Waals surface area contributed by atoms with Crippen molar-refractivity contribution in [3.8, 4) is 5.75 Å². The molecular weight excluding hydrogens is 318 g/mol. The zero-order valence-corrected chi connectivity index (χ0v) is 15.2. The van der Waals surface area contributed by atoms with Crippen molar-refractivity contribution >= 4 is 11.9 Å². The fourth-order valence-corrected chi connectivity index (χ4v) is 2.28. The smallest absolute Gasteiger partial charge is 0.435 e. The molecule has 0 unspecified atom stereocenters. The first kappa shape index (κ1) is 18.7. The molecule has 1 amide bonds. The molecule has 0 bridgehead atoms. The van der Waals surface area contributed by atoms with Crippen molar-refractivity contribution in [2.45, 2.75) is 45.6 Å². The van der Waals surface area contributed by atoms with Gasteiger partial charge in [0.15, 0.2) is 0 Å². The summed E-state index contributed by atoms with van der Waals surface area (Å²) < 4.78 is 12.0. The highest BCUT2D eigenvalue weighted by Gasteiger charge is 2.17. The minimum absolute atomic E-state index is 0.571. The molecule has 1 aromatic carbocycles. The second-order valence-corrected chi connectivity index (χ2v) is 6.66. The number of carbonyl (C=O) groups is 1. The predicted octanol–water partition coefficient (Wildman–Crippen LogP) is 4.10. The van der Waals surface area contributed by atoms with Crippen molar-refractivity contribution in [3.63, 3.8) is 0 Å². The van der Waals surface area contributed by atoms with Crippen LogP contribution < -0.4 is 4.74 Å². The molecule has 0 spiro atoms. The van der Waals surface area contributed by atoms with Crippen LogP contribution in [0, 0.1) is 0 Å². The molecule has 134 valence electrons. The van der Waals surface area contributed by atoms with Gasteiger partial charge in [-0.05, 0) is 57.4 Å². The number of amides is 1. The van der Waals surface area contributed by atoms with Crippen LogP contribution in [-0.4, -0.2) is 34.4 Å². The van der Waals surface area contributed by atoms with E-state index >= 15 is 0 Å². The van der Waals surface area contributed by atoms with Crippen molar-refractivity contribution in [3.05, 3.63) is 48.3 Å². The number of rotatable bonds is 5. The summed E-state index contributed by atoms with van der Waals surface area (Å²) in [5.74, 6) is 1.42.